The molecule has 1 atom stereocenters. The molecule has 0 aromatic heterocycles. The zero-order chi connectivity index (χ0) is 26.5. The van der Waals surface area contributed by atoms with E-state index in [1.165, 1.54) is 12.1 Å². The molecule has 0 radical (unpaired) electrons. The second-order valence-electron chi connectivity index (χ2n) is 10.9. The summed E-state index contributed by atoms with van der Waals surface area (Å²) >= 11 is 12.5. The van der Waals surface area contributed by atoms with E-state index in [4.69, 9.17) is 27.9 Å². The van der Waals surface area contributed by atoms with E-state index in [2.05, 4.69) is 18.7 Å². The van der Waals surface area contributed by atoms with Crippen molar-refractivity contribution in [1.82, 2.24) is 9.62 Å². The van der Waals surface area contributed by atoms with E-state index >= 15 is 4.39 Å². The number of hydrogen-bond acceptors (Lipinski definition) is 5. The minimum Gasteiger partial charge on any atom is -0.489 e. The number of hydrogen-bond donors (Lipinski definition) is 1. The van der Waals surface area contributed by atoms with Crippen molar-refractivity contribution in [2.45, 2.75) is 75.2 Å². The SMILES string of the molecule is CC(C)(c1cc(Cl)cc(Cl)c1)N1CCCC(Oc2cc(F)c(C(=O)NS(=O)(=O)C3CC3)cc2C2CC2)C1. The molecular weight excluding hydrogens is 538 g/mol. The highest BCUT2D eigenvalue weighted by Gasteiger charge is 2.38. The van der Waals surface area contributed by atoms with Crippen molar-refractivity contribution in [3.05, 3.63) is 62.9 Å². The summed E-state index contributed by atoms with van der Waals surface area (Å²) in [6.45, 7) is 5.74. The Balaban J connectivity index is 1.35. The van der Waals surface area contributed by atoms with Gasteiger partial charge in [-0.15, -0.1) is 0 Å². The standard InChI is InChI=1S/C27H31Cl2FN2O4S/c1-27(2,17-10-18(28)12-19(29)11-17)32-9-3-4-20(15-32)36-25-14-24(30)23(13-22(25)16-5-6-16)26(33)31-37(34,35)21-7-8-21/h10-14,16,20-21H,3-9,15H2,1-2H3,(H,31,33). The molecule has 1 saturated heterocycles. The molecule has 2 aromatic rings. The number of amides is 1. The van der Waals surface area contributed by atoms with Crippen LogP contribution in [0.2, 0.25) is 10.0 Å². The number of piperidine rings is 1. The van der Waals surface area contributed by atoms with Gasteiger partial charge in [0.1, 0.15) is 17.7 Å². The first-order valence-corrected chi connectivity index (χ1v) is 15.0. The lowest BCUT2D eigenvalue weighted by Gasteiger charge is -2.44. The molecule has 2 aromatic carbocycles. The van der Waals surface area contributed by atoms with E-state index in [1.807, 2.05) is 16.9 Å². The minimum atomic E-state index is -3.77. The van der Waals surface area contributed by atoms with Crippen LogP contribution in [-0.2, 0) is 15.6 Å². The first kappa shape index (κ1) is 26.7. The Morgan fingerprint density at radius 3 is 2.35 bits per heavy atom. The van der Waals surface area contributed by atoms with Crippen LogP contribution in [-0.4, -0.2) is 43.7 Å². The quantitative estimate of drug-likeness (QED) is 0.422. The van der Waals surface area contributed by atoms with Gasteiger partial charge in [-0.2, -0.15) is 0 Å². The van der Waals surface area contributed by atoms with Gasteiger partial charge in [0.05, 0.1) is 10.8 Å². The smallest absolute Gasteiger partial charge is 0.267 e. The van der Waals surface area contributed by atoms with Crippen molar-refractivity contribution >= 4 is 39.1 Å². The topological polar surface area (TPSA) is 75.7 Å². The summed E-state index contributed by atoms with van der Waals surface area (Å²) in [5.74, 6) is -1.11. The Bertz CT molecular complexity index is 1310. The number of carbonyl (C=O) groups excluding carboxylic acids is 1. The Labute approximate surface area is 227 Å². The summed E-state index contributed by atoms with van der Waals surface area (Å²) in [5.41, 5.74) is 1.15. The third-order valence-electron chi connectivity index (χ3n) is 7.59. The van der Waals surface area contributed by atoms with Crippen LogP contribution in [0.1, 0.15) is 79.8 Å². The van der Waals surface area contributed by atoms with Gasteiger partial charge in [0.25, 0.3) is 5.91 Å². The van der Waals surface area contributed by atoms with Crippen molar-refractivity contribution in [2.24, 2.45) is 0 Å². The number of nitrogens with zero attached hydrogens (tertiary/aromatic N) is 1. The van der Waals surface area contributed by atoms with Gasteiger partial charge < -0.3 is 4.74 Å². The molecule has 5 rings (SSSR count). The highest BCUT2D eigenvalue weighted by atomic mass is 35.5. The summed E-state index contributed by atoms with van der Waals surface area (Å²) in [4.78, 5) is 15.0. The van der Waals surface area contributed by atoms with Crippen LogP contribution in [0.5, 0.6) is 5.75 Å². The maximum atomic E-state index is 15.1. The van der Waals surface area contributed by atoms with E-state index in [0.29, 0.717) is 35.2 Å². The maximum Gasteiger partial charge on any atom is 0.267 e. The fourth-order valence-electron chi connectivity index (χ4n) is 5.02. The fourth-order valence-corrected chi connectivity index (χ4v) is 6.84. The van der Waals surface area contributed by atoms with Gasteiger partial charge in [0, 0.05) is 28.2 Å². The minimum absolute atomic E-state index is 0.172. The van der Waals surface area contributed by atoms with Crippen molar-refractivity contribution in [3.63, 3.8) is 0 Å². The van der Waals surface area contributed by atoms with Crippen LogP contribution < -0.4 is 9.46 Å². The molecule has 3 fully saturated rings. The Morgan fingerprint density at radius 1 is 1.05 bits per heavy atom. The Kier molecular flexibility index (Phi) is 7.24. The van der Waals surface area contributed by atoms with E-state index in [-0.39, 0.29) is 23.1 Å². The van der Waals surface area contributed by atoms with Gasteiger partial charge in [-0.05, 0) is 100 Å². The molecule has 200 valence electrons. The first-order valence-electron chi connectivity index (χ1n) is 12.7. The number of ether oxygens (including phenoxy) is 1. The molecule has 2 saturated carbocycles. The van der Waals surface area contributed by atoms with Crippen LogP contribution in [0.15, 0.2) is 30.3 Å². The second-order valence-corrected chi connectivity index (χ2v) is 13.7. The zero-order valence-corrected chi connectivity index (χ0v) is 23.2. The molecule has 6 nitrogen and oxygen atoms in total. The number of likely N-dealkylation sites (tertiary alicyclic amines) is 1. The first-order chi connectivity index (χ1) is 17.4. The predicted octanol–water partition coefficient (Wildman–Crippen LogP) is 6.01. The van der Waals surface area contributed by atoms with Gasteiger partial charge in [0.15, 0.2) is 0 Å². The van der Waals surface area contributed by atoms with Crippen molar-refractivity contribution in [3.8, 4) is 5.75 Å². The molecule has 37 heavy (non-hydrogen) atoms. The molecule has 0 spiro atoms. The van der Waals surface area contributed by atoms with Crippen LogP contribution in [0.3, 0.4) is 0 Å². The zero-order valence-electron chi connectivity index (χ0n) is 20.9. The highest BCUT2D eigenvalue weighted by molar-refractivity contribution is 7.91. The van der Waals surface area contributed by atoms with E-state index < -0.39 is 27.0 Å². The molecule has 1 N–H and O–H groups in total. The average molecular weight is 570 g/mol. The van der Waals surface area contributed by atoms with Gasteiger partial charge in [0.2, 0.25) is 10.0 Å². The third-order valence-corrected chi connectivity index (χ3v) is 9.85. The van der Waals surface area contributed by atoms with E-state index in [0.717, 1.165) is 43.4 Å². The molecular formula is C27H31Cl2FN2O4S. The normalized spacial score (nSPS) is 21.1. The van der Waals surface area contributed by atoms with Crippen molar-refractivity contribution in [1.29, 1.82) is 0 Å². The molecule has 2 aliphatic carbocycles. The fraction of sp³-hybridized carbons (Fsp3) is 0.519. The number of halogens is 3. The largest absolute Gasteiger partial charge is 0.489 e. The molecule has 1 aliphatic heterocycles. The van der Waals surface area contributed by atoms with E-state index in [1.54, 1.807) is 6.07 Å². The number of nitrogens with one attached hydrogen (secondary N) is 1. The number of carbonyl (C=O) groups is 1. The summed E-state index contributed by atoms with van der Waals surface area (Å²) in [6.07, 6.45) is 4.43. The number of rotatable bonds is 8. The number of sulfonamides is 1. The summed E-state index contributed by atoms with van der Waals surface area (Å²) in [5, 5.41) is 0.601. The van der Waals surface area contributed by atoms with Gasteiger partial charge >= 0.3 is 0 Å². The summed E-state index contributed by atoms with van der Waals surface area (Å²) < 4.78 is 47.9. The Hall–Kier alpha value is -1.87. The molecule has 1 unspecified atom stereocenters. The van der Waals surface area contributed by atoms with Crippen LogP contribution in [0.4, 0.5) is 4.39 Å². The lowest BCUT2D eigenvalue weighted by molar-refractivity contribution is 0.0243. The van der Waals surface area contributed by atoms with Crippen LogP contribution in [0.25, 0.3) is 0 Å². The lowest BCUT2D eigenvalue weighted by atomic mass is 9.89. The maximum absolute atomic E-state index is 15.1. The van der Waals surface area contributed by atoms with Gasteiger partial charge in [-0.1, -0.05) is 23.2 Å². The predicted molar refractivity (Wildman–Crippen MR) is 142 cm³/mol. The molecule has 1 amide bonds. The molecule has 3 aliphatic rings. The van der Waals surface area contributed by atoms with Crippen molar-refractivity contribution in [2.75, 3.05) is 13.1 Å². The van der Waals surface area contributed by atoms with E-state index in [9.17, 15) is 13.2 Å². The second kappa shape index (κ2) is 10.0. The van der Waals surface area contributed by atoms with Crippen molar-refractivity contribution < 1.29 is 22.3 Å². The van der Waals surface area contributed by atoms with Gasteiger partial charge in [-0.3, -0.25) is 9.69 Å². The molecule has 10 heteroatoms. The monoisotopic (exact) mass is 568 g/mol. The highest BCUT2D eigenvalue weighted by Crippen LogP contribution is 2.46. The molecule has 0 bridgehead atoms. The Morgan fingerprint density at radius 2 is 1.73 bits per heavy atom. The van der Waals surface area contributed by atoms with Crippen LogP contribution in [0, 0.1) is 5.82 Å². The lowest BCUT2D eigenvalue weighted by Crippen LogP contribution is -2.50. The number of benzene rings is 2. The summed E-state index contributed by atoms with van der Waals surface area (Å²) in [7, 11) is -3.77. The van der Waals surface area contributed by atoms with Gasteiger partial charge in [-0.25, -0.2) is 17.5 Å². The molecule has 1 heterocycles. The van der Waals surface area contributed by atoms with Crippen LogP contribution >= 0.6 is 23.2 Å². The average Bonchev–Trinajstić information content (AvgIpc) is 3.71. The third kappa shape index (κ3) is 5.92. The summed E-state index contributed by atoms with van der Waals surface area (Å²) in [6, 6.07) is 8.27.